The number of anilines is 2. The second kappa shape index (κ2) is 5.67. The summed E-state index contributed by atoms with van der Waals surface area (Å²) in [4.78, 5) is 15.5. The van der Waals surface area contributed by atoms with Gasteiger partial charge in [0, 0.05) is 24.3 Å². The number of aromatic nitrogens is 3. The minimum Gasteiger partial charge on any atom is -0.399 e. The van der Waals surface area contributed by atoms with Crippen molar-refractivity contribution in [1.82, 2.24) is 20.5 Å². The van der Waals surface area contributed by atoms with Crippen molar-refractivity contribution >= 4 is 17.4 Å². The van der Waals surface area contributed by atoms with Crippen LogP contribution in [0.1, 0.15) is 5.82 Å². The summed E-state index contributed by atoms with van der Waals surface area (Å²) < 4.78 is 0. The van der Waals surface area contributed by atoms with Gasteiger partial charge in [-0.1, -0.05) is 6.07 Å². The van der Waals surface area contributed by atoms with E-state index >= 15 is 0 Å². The molecule has 0 saturated heterocycles. The molecule has 1 aromatic carbocycles. The van der Waals surface area contributed by atoms with Crippen molar-refractivity contribution in [3.63, 3.8) is 0 Å². The number of nitrogens with zero attached hydrogens (tertiary/aromatic N) is 2. The van der Waals surface area contributed by atoms with E-state index in [0.29, 0.717) is 24.3 Å². The summed E-state index contributed by atoms with van der Waals surface area (Å²) in [7, 11) is 0. The predicted octanol–water partition coefficient (Wildman–Crippen LogP) is 0.751. The molecule has 0 fully saturated rings. The van der Waals surface area contributed by atoms with Crippen molar-refractivity contribution in [1.29, 1.82) is 0 Å². The Labute approximate surface area is 104 Å². The molecular weight excluding hydrogens is 232 g/mol. The summed E-state index contributed by atoms with van der Waals surface area (Å²) in [5, 5.41) is 11.8. The highest BCUT2D eigenvalue weighted by Crippen LogP contribution is 2.11. The number of amides is 2. The first kappa shape index (κ1) is 11.9. The minimum atomic E-state index is -0.278. The Hall–Kier alpha value is -2.57. The van der Waals surface area contributed by atoms with E-state index in [2.05, 4.69) is 25.8 Å². The molecule has 0 aliphatic rings. The Morgan fingerprint density at radius 2 is 2.33 bits per heavy atom. The number of carbonyl (C=O) groups is 1. The summed E-state index contributed by atoms with van der Waals surface area (Å²) in [6, 6.07) is 6.72. The zero-order chi connectivity index (χ0) is 12.8. The van der Waals surface area contributed by atoms with Crippen molar-refractivity contribution in [2.24, 2.45) is 0 Å². The van der Waals surface area contributed by atoms with Gasteiger partial charge in [-0.2, -0.15) is 5.10 Å². The molecule has 0 aliphatic heterocycles. The smallest absolute Gasteiger partial charge is 0.319 e. The molecule has 0 saturated carbocycles. The number of carbonyl (C=O) groups excluding carboxylic acids is 1. The van der Waals surface area contributed by atoms with E-state index < -0.39 is 0 Å². The molecule has 7 nitrogen and oxygen atoms in total. The monoisotopic (exact) mass is 246 g/mol. The van der Waals surface area contributed by atoms with Crippen molar-refractivity contribution < 1.29 is 4.79 Å². The first-order valence-corrected chi connectivity index (χ1v) is 5.48. The maximum atomic E-state index is 11.5. The van der Waals surface area contributed by atoms with E-state index in [1.54, 1.807) is 24.3 Å². The van der Waals surface area contributed by atoms with Gasteiger partial charge in [0.1, 0.15) is 12.2 Å². The topological polar surface area (TPSA) is 109 Å². The van der Waals surface area contributed by atoms with E-state index in [4.69, 9.17) is 5.73 Å². The normalized spacial score (nSPS) is 10.0. The highest BCUT2D eigenvalue weighted by atomic mass is 16.2. The summed E-state index contributed by atoms with van der Waals surface area (Å²) in [6.45, 7) is 0.476. The van der Waals surface area contributed by atoms with Crippen LogP contribution < -0.4 is 16.4 Å². The highest BCUT2D eigenvalue weighted by molar-refractivity contribution is 5.89. The van der Waals surface area contributed by atoms with Gasteiger partial charge in [-0.15, -0.1) is 0 Å². The van der Waals surface area contributed by atoms with E-state index in [1.807, 2.05) is 0 Å². The average Bonchev–Trinajstić information content (AvgIpc) is 2.82. The van der Waals surface area contributed by atoms with E-state index in [9.17, 15) is 4.79 Å². The van der Waals surface area contributed by atoms with Gasteiger partial charge >= 0.3 is 6.03 Å². The number of aromatic amines is 1. The fourth-order valence-electron chi connectivity index (χ4n) is 1.44. The number of hydrogen-bond donors (Lipinski definition) is 4. The van der Waals surface area contributed by atoms with E-state index in [0.717, 1.165) is 5.82 Å². The lowest BCUT2D eigenvalue weighted by Gasteiger charge is -2.07. The van der Waals surface area contributed by atoms with Gasteiger partial charge in [-0.05, 0) is 18.2 Å². The van der Waals surface area contributed by atoms with Gasteiger partial charge in [-0.25, -0.2) is 9.78 Å². The van der Waals surface area contributed by atoms with Crippen LogP contribution in [0.4, 0.5) is 16.2 Å². The molecule has 7 heteroatoms. The second-order valence-electron chi connectivity index (χ2n) is 3.69. The van der Waals surface area contributed by atoms with Crippen molar-refractivity contribution in [2.75, 3.05) is 17.6 Å². The predicted molar refractivity (Wildman–Crippen MR) is 68.0 cm³/mol. The molecule has 18 heavy (non-hydrogen) atoms. The van der Waals surface area contributed by atoms with Crippen LogP contribution in [0.25, 0.3) is 0 Å². The van der Waals surface area contributed by atoms with Crippen LogP contribution in [0.2, 0.25) is 0 Å². The molecule has 1 heterocycles. The van der Waals surface area contributed by atoms with Gasteiger partial charge in [0.25, 0.3) is 0 Å². The summed E-state index contributed by atoms with van der Waals surface area (Å²) in [5.74, 6) is 0.735. The third kappa shape index (κ3) is 3.48. The third-order valence-electron chi connectivity index (χ3n) is 2.26. The molecule has 2 aromatic rings. The Kier molecular flexibility index (Phi) is 3.75. The summed E-state index contributed by atoms with van der Waals surface area (Å²) in [6.07, 6.45) is 2.03. The number of urea groups is 1. The van der Waals surface area contributed by atoms with Crippen LogP contribution in [0.3, 0.4) is 0 Å². The maximum absolute atomic E-state index is 11.5. The van der Waals surface area contributed by atoms with E-state index in [-0.39, 0.29) is 6.03 Å². The van der Waals surface area contributed by atoms with Gasteiger partial charge in [0.2, 0.25) is 0 Å². The number of rotatable bonds is 4. The Bertz CT molecular complexity index is 510. The van der Waals surface area contributed by atoms with Crippen LogP contribution in [-0.2, 0) is 6.42 Å². The first-order valence-electron chi connectivity index (χ1n) is 5.48. The molecular formula is C11H14N6O. The first-order chi connectivity index (χ1) is 8.74. The Morgan fingerprint density at radius 1 is 1.44 bits per heavy atom. The molecule has 0 unspecified atom stereocenters. The molecule has 0 spiro atoms. The zero-order valence-electron chi connectivity index (χ0n) is 9.68. The van der Waals surface area contributed by atoms with Crippen molar-refractivity contribution in [3.05, 3.63) is 36.4 Å². The quantitative estimate of drug-likeness (QED) is 0.597. The lowest BCUT2D eigenvalue weighted by molar-refractivity contribution is 0.252. The molecule has 0 atom stereocenters. The maximum Gasteiger partial charge on any atom is 0.319 e. The van der Waals surface area contributed by atoms with Gasteiger partial charge in [-0.3, -0.25) is 5.10 Å². The van der Waals surface area contributed by atoms with Crippen molar-refractivity contribution in [2.45, 2.75) is 6.42 Å². The van der Waals surface area contributed by atoms with Gasteiger partial charge < -0.3 is 16.4 Å². The van der Waals surface area contributed by atoms with E-state index in [1.165, 1.54) is 6.33 Å². The fraction of sp³-hybridized carbons (Fsp3) is 0.182. The zero-order valence-corrected chi connectivity index (χ0v) is 9.68. The molecule has 2 rings (SSSR count). The number of nitrogen functional groups attached to an aromatic ring is 1. The number of H-pyrrole nitrogens is 1. The highest BCUT2D eigenvalue weighted by Gasteiger charge is 2.02. The van der Waals surface area contributed by atoms with Crippen LogP contribution in [0, 0.1) is 0 Å². The fourth-order valence-corrected chi connectivity index (χ4v) is 1.44. The molecule has 0 bridgehead atoms. The Balaban J connectivity index is 1.75. The van der Waals surface area contributed by atoms with Gasteiger partial charge in [0.15, 0.2) is 0 Å². The number of nitrogens with one attached hydrogen (secondary N) is 3. The number of benzene rings is 1. The molecule has 1 aromatic heterocycles. The van der Waals surface area contributed by atoms with Crippen LogP contribution >= 0.6 is 0 Å². The average molecular weight is 246 g/mol. The third-order valence-corrected chi connectivity index (χ3v) is 2.26. The minimum absolute atomic E-state index is 0.278. The number of nitrogens with two attached hydrogens (primary N) is 1. The lowest BCUT2D eigenvalue weighted by Crippen LogP contribution is -2.30. The second-order valence-corrected chi connectivity index (χ2v) is 3.69. The SMILES string of the molecule is Nc1cccc(NC(=O)NCCc2ncn[nH]2)c1. The lowest BCUT2D eigenvalue weighted by atomic mass is 10.3. The van der Waals surface area contributed by atoms with Crippen LogP contribution in [0.5, 0.6) is 0 Å². The number of hydrogen-bond acceptors (Lipinski definition) is 4. The molecule has 0 radical (unpaired) electrons. The summed E-state index contributed by atoms with van der Waals surface area (Å²) >= 11 is 0. The summed E-state index contributed by atoms with van der Waals surface area (Å²) in [5.41, 5.74) is 6.87. The van der Waals surface area contributed by atoms with Gasteiger partial charge in [0.05, 0.1) is 0 Å². The largest absolute Gasteiger partial charge is 0.399 e. The van der Waals surface area contributed by atoms with Crippen LogP contribution in [-0.4, -0.2) is 27.8 Å². The molecule has 94 valence electrons. The van der Waals surface area contributed by atoms with Crippen LogP contribution in [0.15, 0.2) is 30.6 Å². The van der Waals surface area contributed by atoms with Crippen molar-refractivity contribution in [3.8, 4) is 0 Å². The molecule has 0 aliphatic carbocycles. The molecule has 2 amide bonds. The molecule has 5 N–H and O–H groups in total. The standard InChI is InChI=1S/C11H14N6O/c12-8-2-1-3-9(6-8)16-11(18)13-5-4-10-14-7-15-17-10/h1-3,6-7H,4-5,12H2,(H2,13,16,18)(H,14,15,17). The Morgan fingerprint density at radius 3 is 3.06 bits per heavy atom.